The SMILES string of the molecule is O=C(/C=N\OCc1ccc(Br)cc1F)Nc1cccc([N+](=O)[O-])c1. The minimum atomic E-state index is -0.633. The van der Waals surface area contributed by atoms with Gasteiger partial charge >= 0.3 is 0 Å². The molecule has 124 valence electrons. The first-order valence-corrected chi connectivity index (χ1v) is 7.39. The van der Waals surface area contributed by atoms with Gasteiger partial charge in [0.15, 0.2) is 0 Å². The van der Waals surface area contributed by atoms with E-state index >= 15 is 0 Å². The molecular formula is C15H11BrFN3O4. The van der Waals surface area contributed by atoms with Crippen molar-refractivity contribution in [2.75, 3.05) is 5.32 Å². The Balaban J connectivity index is 1.87. The average molecular weight is 396 g/mol. The molecule has 2 rings (SSSR count). The number of halogens is 2. The van der Waals surface area contributed by atoms with Gasteiger partial charge in [0, 0.05) is 27.9 Å². The summed E-state index contributed by atoms with van der Waals surface area (Å²) in [7, 11) is 0. The van der Waals surface area contributed by atoms with Crippen molar-refractivity contribution in [3.8, 4) is 0 Å². The molecule has 24 heavy (non-hydrogen) atoms. The number of nitro groups is 1. The zero-order valence-electron chi connectivity index (χ0n) is 12.1. The van der Waals surface area contributed by atoms with Crippen LogP contribution < -0.4 is 5.32 Å². The number of nitro benzene ring substituents is 1. The summed E-state index contributed by atoms with van der Waals surface area (Å²) in [5.74, 6) is -1.09. The van der Waals surface area contributed by atoms with Gasteiger partial charge in [0.1, 0.15) is 18.6 Å². The topological polar surface area (TPSA) is 93.8 Å². The van der Waals surface area contributed by atoms with Crippen LogP contribution in [0.2, 0.25) is 0 Å². The maximum atomic E-state index is 13.5. The second-order valence-electron chi connectivity index (χ2n) is 4.54. The number of oxime groups is 1. The highest BCUT2D eigenvalue weighted by atomic mass is 79.9. The first kappa shape index (κ1) is 17.5. The lowest BCUT2D eigenvalue weighted by atomic mass is 10.2. The molecule has 0 aliphatic heterocycles. The summed E-state index contributed by atoms with van der Waals surface area (Å²) in [5.41, 5.74) is 0.390. The van der Waals surface area contributed by atoms with Crippen LogP contribution in [0.4, 0.5) is 15.8 Å². The molecule has 9 heteroatoms. The van der Waals surface area contributed by atoms with Crippen molar-refractivity contribution in [2.24, 2.45) is 5.16 Å². The highest BCUT2D eigenvalue weighted by molar-refractivity contribution is 9.10. The van der Waals surface area contributed by atoms with Gasteiger partial charge < -0.3 is 10.2 Å². The zero-order valence-corrected chi connectivity index (χ0v) is 13.7. The predicted octanol–water partition coefficient (Wildman–Crippen LogP) is 3.64. The van der Waals surface area contributed by atoms with Gasteiger partial charge in [-0.15, -0.1) is 0 Å². The molecule has 0 saturated carbocycles. The number of nitrogens with zero attached hydrogens (tertiary/aromatic N) is 2. The van der Waals surface area contributed by atoms with Gasteiger partial charge in [-0.3, -0.25) is 14.9 Å². The van der Waals surface area contributed by atoms with Gasteiger partial charge in [0.25, 0.3) is 11.6 Å². The van der Waals surface area contributed by atoms with Crippen molar-refractivity contribution in [3.63, 3.8) is 0 Å². The van der Waals surface area contributed by atoms with Crippen molar-refractivity contribution in [1.82, 2.24) is 0 Å². The number of rotatable bonds is 6. The van der Waals surface area contributed by atoms with Gasteiger partial charge in [-0.2, -0.15) is 0 Å². The molecule has 0 unspecified atom stereocenters. The van der Waals surface area contributed by atoms with E-state index in [1.165, 1.54) is 36.4 Å². The van der Waals surface area contributed by atoms with Gasteiger partial charge in [0.05, 0.1) is 4.92 Å². The first-order chi connectivity index (χ1) is 11.5. The first-order valence-electron chi connectivity index (χ1n) is 6.60. The van der Waals surface area contributed by atoms with Crippen LogP contribution in [-0.2, 0) is 16.2 Å². The summed E-state index contributed by atoms with van der Waals surface area (Å²) in [4.78, 5) is 26.6. The number of non-ortho nitro benzene ring substituents is 1. The van der Waals surface area contributed by atoms with Crippen LogP contribution in [0.1, 0.15) is 5.56 Å². The van der Waals surface area contributed by atoms with E-state index in [1.807, 2.05) is 0 Å². The smallest absolute Gasteiger partial charge is 0.271 e. The minimum absolute atomic E-state index is 0.139. The van der Waals surface area contributed by atoms with Crippen molar-refractivity contribution in [2.45, 2.75) is 6.61 Å². The Hall–Kier alpha value is -2.81. The largest absolute Gasteiger partial charge is 0.391 e. The molecular weight excluding hydrogens is 385 g/mol. The standard InChI is InChI=1S/C15H11BrFN3O4/c16-11-5-4-10(14(17)6-11)9-24-18-8-15(21)19-12-2-1-3-13(7-12)20(22)23/h1-8H,9H2,(H,19,21)/b18-8-. The molecule has 0 fully saturated rings. The second kappa shape index (κ2) is 8.16. The van der Waals surface area contributed by atoms with Gasteiger partial charge in [0.2, 0.25) is 0 Å². The van der Waals surface area contributed by atoms with E-state index in [2.05, 4.69) is 26.4 Å². The van der Waals surface area contributed by atoms with Crippen LogP contribution in [-0.4, -0.2) is 17.0 Å². The summed E-state index contributed by atoms with van der Waals surface area (Å²) in [6.07, 6.45) is 0.857. The normalized spacial score (nSPS) is 10.6. The lowest BCUT2D eigenvalue weighted by Crippen LogP contribution is -2.13. The number of nitrogens with one attached hydrogen (secondary N) is 1. The number of benzene rings is 2. The van der Waals surface area contributed by atoms with Crippen LogP contribution >= 0.6 is 15.9 Å². The minimum Gasteiger partial charge on any atom is -0.391 e. The molecule has 2 aromatic rings. The molecule has 2 aromatic carbocycles. The maximum absolute atomic E-state index is 13.5. The van der Waals surface area contributed by atoms with Gasteiger partial charge in [-0.25, -0.2) is 4.39 Å². The summed E-state index contributed by atoms with van der Waals surface area (Å²) >= 11 is 3.14. The van der Waals surface area contributed by atoms with E-state index in [0.717, 1.165) is 6.21 Å². The third-order valence-corrected chi connectivity index (χ3v) is 3.30. The highest BCUT2D eigenvalue weighted by Crippen LogP contribution is 2.17. The average Bonchev–Trinajstić information content (AvgIpc) is 2.53. The Kier molecular flexibility index (Phi) is 5.96. The molecule has 0 heterocycles. The van der Waals surface area contributed by atoms with Crippen LogP contribution in [0.5, 0.6) is 0 Å². The molecule has 7 nitrogen and oxygen atoms in total. The molecule has 0 spiro atoms. The summed E-state index contributed by atoms with van der Waals surface area (Å²) < 4.78 is 14.1. The van der Waals surface area contributed by atoms with Crippen LogP contribution in [0.15, 0.2) is 52.1 Å². The van der Waals surface area contributed by atoms with Crippen molar-refractivity contribution in [3.05, 3.63) is 68.4 Å². The predicted molar refractivity (Wildman–Crippen MR) is 89.1 cm³/mol. The number of carbonyl (C=O) groups excluding carboxylic acids is 1. The van der Waals surface area contributed by atoms with Crippen molar-refractivity contribution >= 4 is 39.4 Å². The number of anilines is 1. The number of hydrogen-bond donors (Lipinski definition) is 1. The molecule has 0 radical (unpaired) electrons. The van der Waals surface area contributed by atoms with Gasteiger partial charge in [-0.1, -0.05) is 33.2 Å². The summed E-state index contributed by atoms with van der Waals surface area (Å²) in [5, 5.41) is 16.5. The molecule has 1 N–H and O–H groups in total. The van der Waals surface area contributed by atoms with Crippen molar-refractivity contribution in [1.29, 1.82) is 0 Å². The fourth-order valence-corrected chi connectivity index (χ4v) is 2.04. The molecule has 0 saturated heterocycles. The highest BCUT2D eigenvalue weighted by Gasteiger charge is 2.07. The Morgan fingerprint density at radius 1 is 1.38 bits per heavy atom. The Morgan fingerprint density at radius 3 is 2.88 bits per heavy atom. The van der Waals surface area contributed by atoms with Crippen LogP contribution in [0.25, 0.3) is 0 Å². The Bertz CT molecular complexity index is 798. The molecule has 0 aromatic heterocycles. The van der Waals surface area contributed by atoms with Gasteiger partial charge in [-0.05, 0) is 18.2 Å². The third kappa shape index (κ3) is 5.13. The Morgan fingerprint density at radius 2 is 2.17 bits per heavy atom. The van der Waals surface area contributed by atoms with E-state index in [-0.39, 0.29) is 23.5 Å². The fraction of sp³-hybridized carbons (Fsp3) is 0.0667. The van der Waals surface area contributed by atoms with E-state index in [9.17, 15) is 19.3 Å². The molecule has 1 amide bonds. The lowest BCUT2D eigenvalue weighted by Gasteiger charge is -2.03. The number of hydrogen-bond acceptors (Lipinski definition) is 5. The molecule has 0 aliphatic carbocycles. The monoisotopic (exact) mass is 395 g/mol. The number of carbonyl (C=O) groups is 1. The van der Waals surface area contributed by atoms with E-state index in [4.69, 9.17) is 4.84 Å². The molecule has 0 atom stereocenters. The second-order valence-corrected chi connectivity index (χ2v) is 5.46. The van der Waals surface area contributed by atoms with E-state index in [1.54, 1.807) is 6.07 Å². The molecule has 0 aliphatic rings. The quantitative estimate of drug-likeness (QED) is 0.458. The third-order valence-electron chi connectivity index (χ3n) is 2.80. The molecule has 0 bridgehead atoms. The van der Waals surface area contributed by atoms with E-state index in [0.29, 0.717) is 4.47 Å². The zero-order chi connectivity index (χ0) is 17.5. The fourth-order valence-electron chi connectivity index (χ4n) is 1.70. The lowest BCUT2D eigenvalue weighted by molar-refractivity contribution is -0.384. The van der Waals surface area contributed by atoms with Crippen LogP contribution in [0, 0.1) is 15.9 Å². The van der Waals surface area contributed by atoms with Crippen molar-refractivity contribution < 1.29 is 18.9 Å². The van der Waals surface area contributed by atoms with Crippen LogP contribution in [0.3, 0.4) is 0 Å². The maximum Gasteiger partial charge on any atom is 0.271 e. The number of amides is 1. The Labute approximate surface area is 144 Å². The summed E-state index contributed by atoms with van der Waals surface area (Å²) in [6, 6.07) is 9.92. The summed E-state index contributed by atoms with van der Waals surface area (Å²) in [6.45, 7) is -0.139. The van der Waals surface area contributed by atoms with E-state index < -0.39 is 16.6 Å².